The van der Waals surface area contributed by atoms with Crippen LogP contribution >= 0.6 is 11.6 Å². The summed E-state index contributed by atoms with van der Waals surface area (Å²) in [6.45, 7) is 5.00. The third-order valence-electron chi connectivity index (χ3n) is 3.36. The van der Waals surface area contributed by atoms with E-state index in [0.717, 1.165) is 18.9 Å². The highest BCUT2D eigenvalue weighted by Crippen LogP contribution is 2.30. The van der Waals surface area contributed by atoms with Crippen LogP contribution in [0, 0.1) is 5.82 Å². The van der Waals surface area contributed by atoms with Crippen LogP contribution in [0.4, 0.5) is 4.39 Å². The molecule has 0 aliphatic heterocycles. The molecule has 0 aromatic heterocycles. The van der Waals surface area contributed by atoms with Gasteiger partial charge in [0.2, 0.25) is 5.91 Å². The van der Waals surface area contributed by atoms with Gasteiger partial charge < -0.3 is 10.0 Å². The summed E-state index contributed by atoms with van der Waals surface area (Å²) in [7, 11) is 0. The molecule has 1 atom stereocenters. The van der Waals surface area contributed by atoms with E-state index < -0.39 is 17.7 Å². The Kier molecular flexibility index (Phi) is 7.32. The molecule has 1 aromatic rings. The number of rotatable bonds is 8. The van der Waals surface area contributed by atoms with Crippen LogP contribution in [0.2, 0.25) is 5.02 Å². The van der Waals surface area contributed by atoms with Gasteiger partial charge in [-0.2, -0.15) is 0 Å². The van der Waals surface area contributed by atoms with Crippen molar-refractivity contribution in [2.45, 2.75) is 39.0 Å². The van der Waals surface area contributed by atoms with Gasteiger partial charge >= 0.3 is 5.97 Å². The topological polar surface area (TPSA) is 57.6 Å². The molecule has 1 N–H and O–H groups in total. The number of hydrogen-bond acceptors (Lipinski definition) is 2. The van der Waals surface area contributed by atoms with Crippen molar-refractivity contribution in [3.8, 4) is 0 Å². The lowest BCUT2D eigenvalue weighted by atomic mass is 9.94. The second-order valence-corrected chi connectivity index (χ2v) is 5.52. The number of carbonyl (C=O) groups is 2. The lowest BCUT2D eigenvalue weighted by Gasteiger charge is -2.24. The number of halogens is 2. The van der Waals surface area contributed by atoms with Crippen LogP contribution in [0.3, 0.4) is 0 Å². The minimum absolute atomic E-state index is 0.0257. The van der Waals surface area contributed by atoms with Crippen LogP contribution in [-0.2, 0) is 9.59 Å². The molecular weight excluding hydrogens is 309 g/mol. The minimum atomic E-state index is -1.28. The van der Waals surface area contributed by atoms with Gasteiger partial charge in [-0.05, 0) is 25.0 Å². The normalized spacial score (nSPS) is 12.0. The molecule has 0 spiro atoms. The zero-order valence-electron chi connectivity index (χ0n) is 12.8. The molecule has 1 aromatic carbocycles. The molecule has 6 heteroatoms. The molecule has 4 nitrogen and oxygen atoms in total. The zero-order valence-corrected chi connectivity index (χ0v) is 13.6. The summed E-state index contributed by atoms with van der Waals surface area (Å²) in [6, 6.07) is 3.98. The lowest BCUT2D eigenvalue weighted by molar-refractivity contribution is -0.143. The first-order chi connectivity index (χ1) is 10.4. The zero-order chi connectivity index (χ0) is 16.7. The quantitative estimate of drug-likeness (QED) is 0.791. The molecule has 22 heavy (non-hydrogen) atoms. The predicted octanol–water partition coefficient (Wildman–Crippen LogP) is 3.69. The van der Waals surface area contributed by atoms with Crippen LogP contribution < -0.4 is 0 Å². The highest BCUT2D eigenvalue weighted by atomic mass is 35.5. The summed E-state index contributed by atoms with van der Waals surface area (Å²) >= 11 is 5.93. The first kappa shape index (κ1) is 18.4. The minimum Gasteiger partial charge on any atom is -0.481 e. The fourth-order valence-corrected chi connectivity index (χ4v) is 2.66. The molecule has 0 aliphatic rings. The number of carboxylic acids is 1. The SMILES string of the molecule is CCCN(CCC)C(=O)CC(C(=O)O)c1c(F)cccc1Cl. The first-order valence-corrected chi connectivity index (χ1v) is 7.74. The van der Waals surface area contributed by atoms with E-state index in [1.807, 2.05) is 13.8 Å². The van der Waals surface area contributed by atoms with Crippen molar-refractivity contribution in [2.75, 3.05) is 13.1 Å². The Balaban J connectivity index is 3.02. The Morgan fingerprint density at radius 3 is 2.32 bits per heavy atom. The van der Waals surface area contributed by atoms with Gasteiger partial charge in [0.15, 0.2) is 0 Å². The molecule has 122 valence electrons. The fraction of sp³-hybridized carbons (Fsp3) is 0.500. The van der Waals surface area contributed by atoms with Gasteiger partial charge in [-0.25, -0.2) is 4.39 Å². The van der Waals surface area contributed by atoms with Gasteiger partial charge in [0.05, 0.1) is 5.92 Å². The number of benzene rings is 1. The van der Waals surface area contributed by atoms with E-state index in [4.69, 9.17) is 11.6 Å². The average Bonchev–Trinajstić information content (AvgIpc) is 2.45. The van der Waals surface area contributed by atoms with Crippen molar-refractivity contribution in [3.63, 3.8) is 0 Å². The molecule has 0 bridgehead atoms. The smallest absolute Gasteiger partial charge is 0.311 e. The predicted molar refractivity (Wildman–Crippen MR) is 83.6 cm³/mol. The van der Waals surface area contributed by atoms with E-state index in [-0.39, 0.29) is 22.9 Å². The molecule has 0 saturated carbocycles. The van der Waals surface area contributed by atoms with Gasteiger partial charge in [0.25, 0.3) is 0 Å². The molecular formula is C16H21ClFNO3. The first-order valence-electron chi connectivity index (χ1n) is 7.36. The molecule has 0 aliphatic carbocycles. The Morgan fingerprint density at radius 2 is 1.86 bits per heavy atom. The van der Waals surface area contributed by atoms with Crippen molar-refractivity contribution in [1.29, 1.82) is 0 Å². The van der Waals surface area contributed by atoms with E-state index in [2.05, 4.69) is 0 Å². The maximum absolute atomic E-state index is 13.9. The summed E-state index contributed by atoms with van der Waals surface area (Å²) in [4.78, 5) is 25.4. The van der Waals surface area contributed by atoms with E-state index in [1.165, 1.54) is 12.1 Å². The molecule has 0 saturated heterocycles. The summed E-state index contributed by atoms with van der Waals surface area (Å²) in [5, 5.41) is 9.40. The fourth-order valence-electron chi connectivity index (χ4n) is 2.36. The number of carbonyl (C=O) groups excluding carboxylic acids is 1. The highest BCUT2D eigenvalue weighted by molar-refractivity contribution is 6.31. The number of amides is 1. The van der Waals surface area contributed by atoms with Crippen molar-refractivity contribution in [3.05, 3.63) is 34.6 Å². The van der Waals surface area contributed by atoms with Crippen molar-refractivity contribution in [2.24, 2.45) is 0 Å². The van der Waals surface area contributed by atoms with Gasteiger partial charge in [-0.15, -0.1) is 0 Å². The standard InChI is InChI=1S/C16H21ClFNO3/c1-3-8-19(9-4-2)14(20)10-11(16(21)22)15-12(17)6-5-7-13(15)18/h5-7,11H,3-4,8-10H2,1-2H3,(H,21,22). The van der Waals surface area contributed by atoms with Crippen LogP contribution in [0.15, 0.2) is 18.2 Å². The van der Waals surface area contributed by atoms with Crippen molar-refractivity contribution in [1.82, 2.24) is 4.90 Å². The Bertz CT molecular complexity index is 510. The lowest BCUT2D eigenvalue weighted by Crippen LogP contribution is -2.34. The van der Waals surface area contributed by atoms with Gasteiger partial charge in [-0.1, -0.05) is 31.5 Å². The summed E-state index contributed by atoms with van der Waals surface area (Å²) < 4.78 is 13.9. The van der Waals surface area contributed by atoms with Crippen LogP contribution in [0.5, 0.6) is 0 Å². The number of carboxylic acid groups (broad SMARTS) is 1. The van der Waals surface area contributed by atoms with Gasteiger partial charge in [0, 0.05) is 30.1 Å². The monoisotopic (exact) mass is 329 g/mol. The van der Waals surface area contributed by atoms with Gasteiger partial charge in [0.1, 0.15) is 5.82 Å². The summed E-state index contributed by atoms with van der Waals surface area (Å²) in [5.41, 5.74) is -0.127. The number of hydrogen-bond donors (Lipinski definition) is 1. The summed E-state index contributed by atoms with van der Waals surface area (Å²) in [6.07, 6.45) is 1.27. The summed E-state index contributed by atoms with van der Waals surface area (Å²) in [5.74, 6) is -3.54. The van der Waals surface area contributed by atoms with Crippen LogP contribution in [-0.4, -0.2) is 35.0 Å². The molecule has 1 unspecified atom stereocenters. The number of aliphatic carboxylic acids is 1. The van der Waals surface area contributed by atoms with Gasteiger partial charge in [-0.3, -0.25) is 9.59 Å². The number of nitrogens with zero attached hydrogens (tertiary/aromatic N) is 1. The molecule has 0 heterocycles. The second-order valence-electron chi connectivity index (χ2n) is 5.11. The second kappa shape index (κ2) is 8.73. The maximum atomic E-state index is 13.9. The van der Waals surface area contributed by atoms with Crippen molar-refractivity contribution >= 4 is 23.5 Å². The van der Waals surface area contributed by atoms with E-state index >= 15 is 0 Å². The Morgan fingerprint density at radius 1 is 1.27 bits per heavy atom. The van der Waals surface area contributed by atoms with E-state index in [0.29, 0.717) is 13.1 Å². The molecule has 0 radical (unpaired) electrons. The Labute approximate surface area is 134 Å². The third kappa shape index (κ3) is 4.70. The molecule has 1 rings (SSSR count). The largest absolute Gasteiger partial charge is 0.481 e. The van der Waals surface area contributed by atoms with E-state index in [9.17, 15) is 19.1 Å². The molecule has 1 amide bonds. The average molecular weight is 330 g/mol. The Hall–Kier alpha value is -1.62. The van der Waals surface area contributed by atoms with Crippen LogP contribution in [0.1, 0.15) is 44.6 Å². The maximum Gasteiger partial charge on any atom is 0.311 e. The molecule has 0 fully saturated rings. The highest BCUT2D eigenvalue weighted by Gasteiger charge is 2.29. The van der Waals surface area contributed by atoms with Crippen molar-refractivity contribution < 1.29 is 19.1 Å². The van der Waals surface area contributed by atoms with Crippen LogP contribution in [0.25, 0.3) is 0 Å². The van der Waals surface area contributed by atoms with E-state index in [1.54, 1.807) is 4.90 Å². The third-order valence-corrected chi connectivity index (χ3v) is 3.69.